The van der Waals surface area contributed by atoms with Crippen LogP contribution in [0, 0.1) is 0 Å². The predicted octanol–water partition coefficient (Wildman–Crippen LogP) is 1.98. The zero-order valence-corrected chi connectivity index (χ0v) is 18.1. The third-order valence-electron chi connectivity index (χ3n) is 5.26. The Morgan fingerprint density at radius 1 is 1.16 bits per heavy atom. The third kappa shape index (κ3) is 4.12. The van der Waals surface area contributed by atoms with Crippen molar-refractivity contribution >= 4 is 17.1 Å². The van der Waals surface area contributed by atoms with E-state index in [1.165, 1.54) is 4.57 Å². The molecule has 10 heteroatoms. The summed E-state index contributed by atoms with van der Waals surface area (Å²) in [4.78, 5) is 44.4. The van der Waals surface area contributed by atoms with Crippen molar-refractivity contribution in [2.45, 2.75) is 58.9 Å². The largest absolute Gasteiger partial charge is 0.485 e. The van der Waals surface area contributed by atoms with Gasteiger partial charge in [-0.15, -0.1) is 0 Å². The normalized spacial score (nSPS) is 15.1. The van der Waals surface area contributed by atoms with Crippen LogP contribution in [0.4, 0.5) is 0 Å². The molecule has 0 fully saturated rings. The average Bonchev–Trinajstić information content (AvgIpc) is 3.15. The molecule has 1 atom stereocenters. The Morgan fingerprint density at radius 2 is 1.94 bits per heavy atom. The number of carbonyl (C=O) groups is 1. The van der Waals surface area contributed by atoms with Gasteiger partial charge in [-0.3, -0.25) is 14.3 Å². The smallest absolute Gasteiger partial charge is 0.351 e. The number of imidazole rings is 1. The SMILES string of the molecule is CCCCn1c(=O)[nH]c(=O)c2c1nc(COC(=O)[C@H]1COc3ccccc3O1)n2CCC. The van der Waals surface area contributed by atoms with Gasteiger partial charge in [0.15, 0.2) is 22.7 Å². The summed E-state index contributed by atoms with van der Waals surface area (Å²) in [5.74, 6) is 0.858. The Morgan fingerprint density at radius 3 is 2.69 bits per heavy atom. The zero-order chi connectivity index (χ0) is 22.7. The van der Waals surface area contributed by atoms with E-state index >= 15 is 0 Å². The molecule has 0 spiro atoms. The predicted molar refractivity (Wildman–Crippen MR) is 116 cm³/mol. The number of hydrogen-bond acceptors (Lipinski definition) is 7. The van der Waals surface area contributed by atoms with Crippen LogP contribution in [0.1, 0.15) is 38.9 Å². The fourth-order valence-electron chi connectivity index (χ4n) is 3.68. The lowest BCUT2D eigenvalue weighted by molar-refractivity contribution is -0.156. The first-order chi connectivity index (χ1) is 15.5. The molecule has 3 aromatic rings. The molecule has 1 N–H and O–H groups in total. The summed E-state index contributed by atoms with van der Waals surface area (Å²) < 4.78 is 19.9. The number of ether oxygens (including phenoxy) is 3. The lowest BCUT2D eigenvalue weighted by atomic mass is 10.2. The molecule has 10 nitrogen and oxygen atoms in total. The Labute approximate surface area is 183 Å². The van der Waals surface area contributed by atoms with Crippen molar-refractivity contribution in [2.75, 3.05) is 6.61 Å². The number of H-pyrrole nitrogens is 1. The molecular weight excluding hydrogens is 416 g/mol. The van der Waals surface area contributed by atoms with Crippen LogP contribution in [0.15, 0.2) is 33.9 Å². The van der Waals surface area contributed by atoms with E-state index in [0.29, 0.717) is 41.6 Å². The highest BCUT2D eigenvalue weighted by Crippen LogP contribution is 2.31. The van der Waals surface area contributed by atoms with Gasteiger partial charge in [-0.05, 0) is 25.0 Å². The molecule has 2 aromatic heterocycles. The number of unbranched alkanes of at least 4 members (excludes halogenated alkanes) is 1. The fraction of sp³-hybridized carbons (Fsp3) is 0.455. The van der Waals surface area contributed by atoms with E-state index in [9.17, 15) is 14.4 Å². The molecule has 0 bridgehead atoms. The van der Waals surface area contributed by atoms with Gasteiger partial charge < -0.3 is 18.8 Å². The molecule has 1 aliphatic rings. The second kappa shape index (κ2) is 9.29. The molecule has 0 saturated heterocycles. The van der Waals surface area contributed by atoms with Crippen LogP contribution in [-0.2, 0) is 29.2 Å². The van der Waals surface area contributed by atoms with E-state index in [1.807, 2.05) is 19.9 Å². The van der Waals surface area contributed by atoms with Crippen LogP contribution in [0.2, 0.25) is 0 Å². The minimum absolute atomic E-state index is 0.0391. The van der Waals surface area contributed by atoms with Gasteiger partial charge >= 0.3 is 11.7 Å². The summed E-state index contributed by atoms with van der Waals surface area (Å²) >= 11 is 0. The number of aromatic amines is 1. The molecule has 0 aliphatic carbocycles. The number of benzene rings is 1. The summed E-state index contributed by atoms with van der Waals surface area (Å²) in [6, 6.07) is 7.09. The van der Waals surface area contributed by atoms with Crippen LogP contribution < -0.4 is 20.7 Å². The Bertz CT molecular complexity index is 1240. The van der Waals surface area contributed by atoms with E-state index in [2.05, 4.69) is 9.97 Å². The maximum atomic E-state index is 12.6. The molecule has 0 unspecified atom stereocenters. The van der Waals surface area contributed by atoms with Crippen LogP contribution in [0.3, 0.4) is 0 Å². The van der Waals surface area contributed by atoms with Crippen LogP contribution in [0.25, 0.3) is 11.2 Å². The van der Waals surface area contributed by atoms with Crippen molar-refractivity contribution in [1.29, 1.82) is 0 Å². The molecule has 4 rings (SSSR count). The highest BCUT2D eigenvalue weighted by atomic mass is 16.6. The van der Waals surface area contributed by atoms with Crippen molar-refractivity contribution in [2.24, 2.45) is 0 Å². The first kappa shape index (κ1) is 21.7. The molecule has 0 radical (unpaired) electrons. The van der Waals surface area contributed by atoms with Gasteiger partial charge in [-0.25, -0.2) is 14.6 Å². The molecule has 0 saturated carbocycles. The van der Waals surface area contributed by atoms with Crippen molar-refractivity contribution in [3.63, 3.8) is 0 Å². The van der Waals surface area contributed by atoms with Crippen LogP contribution in [-0.4, -0.2) is 37.8 Å². The van der Waals surface area contributed by atoms with Crippen LogP contribution >= 0.6 is 0 Å². The topological polar surface area (TPSA) is 117 Å². The highest BCUT2D eigenvalue weighted by molar-refractivity contribution is 5.76. The Hall–Kier alpha value is -3.56. The number of rotatable bonds is 8. The van der Waals surface area contributed by atoms with Gasteiger partial charge in [0.2, 0.25) is 6.10 Å². The number of para-hydroxylation sites is 2. The standard InChI is InChI=1S/C22H26N4O6/c1-3-5-11-26-19-18(20(27)24-22(26)29)25(10-4-2)17(23-19)13-31-21(28)16-12-30-14-8-6-7-9-15(14)32-16/h6-9,16H,3-5,10-13H2,1-2H3,(H,24,27,29)/t16-/m1/s1. The number of aryl methyl sites for hydroxylation is 2. The maximum Gasteiger partial charge on any atom is 0.351 e. The molecule has 170 valence electrons. The lowest BCUT2D eigenvalue weighted by Gasteiger charge is -2.24. The molecule has 1 aromatic carbocycles. The summed E-state index contributed by atoms with van der Waals surface area (Å²) in [5.41, 5.74) is -0.387. The van der Waals surface area contributed by atoms with E-state index in [1.54, 1.807) is 22.8 Å². The first-order valence-corrected chi connectivity index (χ1v) is 10.8. The number of nitrogens with zero attached hydrogens (tertiary/aromatic N) is 3. The summed E-state index contributed by atoms with van der Waals surface area (Å²) in [6.45, 7) is 4.80. The molecule has 1 aliphatic heterocycles. The van der Waals surface area contributed by atoms with Crippen molar-refractivity contribution in [3.05, 3.63) is 50.9 Å². The number of hydrogen-bond donors (Lipinski definition) is 1. The maximum absolute atomic E-state index is 12.6. The zero-order valence-electron chi connectivity index (χ0n) is 18.1. The Balaban J connectivity index is 1.59. The fourth-order valence-corrected chi connectivity index (χ4v) is 3.68. The van der Waals surface area contributed by atoms with Gasteiger partial charge in [-0.2, -0.15) is 0 Å². The lowest BCUT2D eigenvalue weighted by Crippen LogP contribution is -2.37. The van der Waals surface area contributed by atoms with E-state index in [-0.39, 0.29) is 13.2 Å². The summed E-state index contributed by atoms with van der Waals surface area (Å²) in [5, 5.41) is 0. The van der Waals surface area contributed by atoms with Crippen molar-refractivity contribution < 1.29 is 19.0 Å². The number of aromatic nitrogens is 4. The van der Waals surface area contributed by atoms with Gasteiger partial charge in [0.25, 0.3) is 5.56 Å². The number of carbonyl (C=O) groups excluding carboxylic acids is 1. The van der Waals surface area contributed by atoms with E-state index in [4.69, 9.17) is 14.2 Å². The van der Waals surface area contributed by atoms with E-state index < -0.39 is 23.3 Å². The number of nitrogens with one attached hydrogen (secondary N) is 1. The molecule has 3 heterocycles. The average molecular weight is 442 g/mol. The molecule has 0 amide bonds. The molecule has 32 heavy (non-hydrogen) atoms. The summed E-state index contributed by atoms with van der Waals surface area (Å²) in [6.07, 6.45) is 1.49. The quantitative estimate of drug-likeness (QED) is 0.530. The number of fused-ring (bicyclic) bond motifs is 2. The van der Waals surface area contributed by atoms with E-state index in [0.717, 1.165) is 19.3 Å². The Kier molecular flexibility index (Phi) is 6.29. The summed E-state index contributed by atoms with van der Waals surface area (Å²) in [7, 11) is 0. The molecular formula is C22H26N4O6. The number of esters is 1. The van der Waals surface area contributed by atoms with Crippen molar-refractivity contribution in [3.8, 4) is 11.5 Å². The first-order valence-electron chi connectivity index (χ1n) is 10.8. The van der Waals surface area contributed by atoms with Gasteiger partial charge in [0, 0.05) is 13.1 Å². The monoisotopic (exact) mass is 442 g/mol. The third-order valence-corrected chi connectivity index (χ3v) is 5.26. The minimum Gasteiger partial charge on any atom is -0.485 e. The van der Waals surface area contributed by atoms with Crippen LogP contribution in [0.5, 0.6) is 11.5 Å². The van der Waals surface area contributed by atoms with Gasteiger partial charge in [0.1, 0.15) is 19.0 Å². The highest BCUT2D eigenvalue weighted by Gasteiger charge is 2.29. The van der Waals surface area contributed by atoms with Gasteiger partial charge in [-0.1, -0.05) is 32.4 Å². The second-order valence-electron chi connectivity index (χ2n) is 7.59. The second-order valence-corrected chi connectivity index (χ2v) is 7.59. The van der Waals surface area contributed by atoms with Crippen molar-refractivity contribution in [1.82, 2.24) is 19.1 Å². The van der Waals surface area contributed by atoms with Gasteiger partial charge in [0.05, 0.1) is 0 Å². The minimum atomic E-state index is -0.903.